The summed E-state index contributed by atoms with van der Waals surface area (Å²) >= 11 is 0. The minimum absolute atomic E-state index is 0.0859. The number of benzene rings is 2. The summed E-state index contributed by atoms with van der Waals surface area (Å²) in [6.07, 6.45) is 2.11. The van der Waals surface area contributed by atoms with Crippen LogP contribution in [0.1, 0.15) is 31.9 Å². The molecule has 1 atom stereocenters. The Balaban J connectivity index is 1.92. The van der Waals surface area contributed by atoms with Gasteiger partial charge in [0.15, 0.2) is 16.4 Å². The molecule has 0 aliphatic heterocycles. The number of nitrogens with zero attached hydrogens (tertiary/aromatic N) is 1. The molecule has 1 amide bonds. The average Bonchev–Trinajstić information content (AvgIpc) is 2.69. The van der Waals surface area contributed by atoms with E-state index in [-0.39, 0.29) is 23.5 Å². The van der Waals surface area contributed by atoms with Gasteiger partial charge in [0, 0.05) is 13.3 Å². The van der Waals surface area contributed by atoms with Crippen molar-refractivity contribution in [1.82, 2.24) is 4.90 Å². The summed E-state index contributed by atoms with van der Waals surface area (Å²) in [5.41, 5.74) is 0.848. The molecule has 0 N–H and O–H groups in total. The lowest BCUT2D eigenvalue weighted by molar-refractivity contribution is -0.134. The number of likely N-dealkylation sites (N-methyl/N-ethyl adjacent to an activating group) is 1. The zero-order valence-electron chi connectivity index (χ0n) is 16.7. The largest absolute Gasteiger partial charge is 0.494 e. The maximum absolute atomic E-state index is 12.4. The van der Waals surface area contributed by atoms with Gasteiger partial charge in [-0.05, 0) is 55.3 Å². The van der Waals surface area contributed by atoms with Gasteiger partial charge in [-0.25, -0.2) is 8.42 Å². The van der Waals surface area contributed by atoms with Crippen molar-refractivity contribution in [2.45, 2.75) is 31.2 Å². The Morgan fingerprint density at radius 1 is 1.00 bits per heavy atom. The number of carbonyl (C=O) groups is 1. The van der Waals surface area contributed by atoms with Crippen molar-refractivity contribution in [3.63, 3.8) is 0 Å². The van der Waals surface area contributed by atoms with Crippen molar-refractivity contribution >= 4 is 15.7 Å². The molecule has 2 aromatic rings. The number of rotatable bonds is 9. The van der Waals surface area contributed by atoms with Crippen LogP contribution in [0.4, 0.5) is 0 Å². The van der Waals surface area contributed by atoms with E-state index < -0.39 is 9.84 Å². The van der Waals surface area contributed by atoms with Crippen molar-refractivity contribution in [3.05, 3.63) is 54.1 Å². The summed E-state index contributed by atoms with van der Waals surface area (Å²) in [6.45, 7) is 4.50. The second-order valence-corrected chi connectivity index (χ2v) is 8.65. The highest BCUT2D eigenvalue weighted by Gasteiger charge is 2.18. The lowest BCUT2D eigenvalue weighted by Gasteiger charge is -2.25. The normalized spacial score (nSPS) is 12.3. The first-order valence-corrected chi connectivity index (χ1v) is 11.0. The van der Waals surface area contributed by atoms with E-state index in [0.717, 1.165) is 17.7 Å². The summed E-state index contributed by atoms with van der Waals surface area (Å²) in [5, 5.41) is 0. The predicted molar refractivity (Wildman–Crippen MR) is 108 cm³/mol. The number of sulfone groups is 1. The van der Waals surface area contributed by atoms with Crippen LogP contribution in [-0.2, 0) is 14.6 Å². The van der Waals surface area contributed by atoms with E-state index in [4.69, 9.17) is 9.47 Å². The van der Waals surface area contributed by atoms with E-state index in [1.54, 1.807) is 48.3 Å². The molecule has 0 heterocycles. The topological polar surface area (TPSA) is 72.9 Å². The highest BCUT2D eigenvalue weighted by atomic mass is 32.2. The van der Waals surface area contributed by atoms with E-state index in [1.807, 2.05) is 26.0 Å². The number of hydrogen-bond acceptors (Lipinski definition) is 5. The molecular formula is C21H27NO5S. The fourth-order valence-electron chi connectivity index (χ4n) is 2.53. The molecule has 0 saturated carbocycles. The Bertz CT molecular complexity index is 876. The maximum Gasteiger partial charge on any atom is 0.260 e. The SMILES string of the molecule is CCCOc1ccc(OCC(=O)N(C)C(C)c2ccc(S(C)(=O)=O)cc2)cc1. The Labute approximate surface area is 167 Å². The molecule has 2 rings (SSSR count). The number of carbonyl (C=O) groups excluding carboxylic acids is 1. The van der Waals surface area contributed by atoms with Crippen molar-refractivity contribution in [3.8, 4) is 11.5 Å². The molecule has 0 spiro atoms. The van der Waals surface area contributed by atoms with E-state index in [0.29, 0.717) is 12.4 Å². The molecule has 7 heteroatoms. The fraction of sp³-hybridized carbons (Fsp3) is 0.381. The predicted octanol–water partition coefficient (Wildman–Crippen LogP) is 3.48. The van der Waals surface area contributed by atoms with E-state index in [2.05, 4.69) is 0 Å². The van der Waals surface area contributed by atoms with Crippen molar-refractivity contribution < 1.29 is 22.7 Å². The Hall–Kier alpha value is -2.54. The van der Waals surface area contributed by atoms with E-state index in [9.17, 15) is 13.2 Å². The maximum atomic E-state index is 12.4. The zero-order chi connectivity index (χ0) is 20.7. The van der Waals surface area contributed by atoms with Gasteiger partial charge in [0.1, 0.15) is 11.5 Å². The van der Waals surface area contributed by atoms with Crippen LogP contribution in [0.5, 0.6) is 11.5 Å². The van der Waals surface area contributed by atoms with Crippen LogP contribution in [0.25, 0.3) is 0 Å². The summed E-state index contributed by atoms with van der Waals surface area (Å²) in [7, 11) is -1.54. The van der Waals surface area contributed by atoms with Crippen molar-refractivity contribution in [1.29, 1.82) is 0 Å². The van der Waals surface area contributed by atoms with Crippen LogP contribution in [0.3, 0.4) is 0 Å². The van der Waals surface area contributed by atoms with Crippen LogP contribution in [0.15, 0.2) is 53.4 Å². The van der Waals surface area contributed by atoms with Gasteiger partial charge in [-0.3, -0.25) is 4.79 Å². The van der Waals surface area contributed by atoms with E-state index in [1.165, 1.54) is 6.26 Å². The quantitative estimate of drug-likeness (QED) is 0.639. The minimum Gasteiger partial charge on any atom is -0.494 e. The molecule has 0 bridgehead atoms. The molecule has 0 aliphatic carbocycles. The van der Waals surface area contributed by atoms with Crippen molar-refractivity contribution in [2.75, 3.05) is 26.5 Å². The molecule has 0 aliphatic rings. The number of ether oxygens (including phenoxy) is 2. The molecule has 1 unspecified atom stereocenters. The van der Waals surface area contributed by atoms with E-state index >= 15 is 0 Å². The first kappa shape index (κ1) is 21.8. The van der Waals surface area contributed by atoms with Gasteiger partial charge < -0.3 is 14.4 Å². The lowest BCUT2D eigenvalue weighted by atomic mass is 10.1. The van der Waals surface area contributed by atoms with Gasteiger partial charge in [0.05, 0.1) is 17.5 Å². The molecule has 2 aromatic carbocycles. The summed E-state index contributed by atoms with van der Waals surface area (Å²) < 4.78 is 34.2. The summed E-state index contributed by atoms with van der Waals surface area (Å²) in [6, 6.07) is 13.5. The molecule has 0 saturated heterocycles. The first-order valence-electron chi connectivity index (χ1n) is 9.13. The second-order valence-electron chi connectivity index (χ2n) is 6.63. The van der Waals surface area contributed by atoms with Crippen LogP contribution in [0.2, 0.25) is 0 Å². The molecule has 0 aromatic heterocycles. The monoisotopic (exact) mass is 405 g/mol. The zero-order valence-corrected chi connectivity index (χ0v) is 17.5. The molecule has 0 fully saturated rings. The average molecular weight is 406 g/mol. The third-order valence-corrected chi connectivity index (χ3v) is 5.55. The summed E-state index contributed by atoms with van der Waals surface area (Å²) in [5.74, 6) is 1.19. The molecule has 28 heavy (non-hydrogen) atoms. The van der Waals surface area contributed by atoms with Crippen LogP contribution in [0, 0.1) is 0 Å². The third-order valence-electron chi connectivity index (χ3n) is 4.42. The van der Waals surface area contributed by atoms with Gasteiger partial charge >= 0.3 is 0 Å². The molecule has 0 radical (unpaired) electrons. The fourth-order valence-corrected chi connectivity index (χ4v) is 3.16. The van der Waals surface area contributed by atoms with Crippen LogP contribution < -0.4 is 9.47 Å². The van der Waals surface area contributed by atoms with Gasteiger partial charge in [-0.15, -0.1) is 0 Å². The second kappa shape index (κ2) is 9.59. The highest BCUT2D eigenvalue weighted by molar-refractivity contribution is 7.90. The Morgan fingerprint density at radius 3 is 2.04 bits per heavy atom. The van der Waals surface area contributed by atoms with Crippen LogP contribution >= 0.6 is 0 Å². The summed E-state index contributed by atoms with van der Waals surface area (Å²) in [4.78, 5) is 14.3. The smallest absolute Gasteiger partial charge is 0.260 e. The third kappa shape index (κ3) is 5.99. The minimum atomic E-state index is -3.24. The molecule has 6 nitrogen and oxygen atoms in total. The first-order chi connectivity index (χ1) is 13.2. The van der Waals surface area contributed by atoms with Crippen LogP contribution in [-0.4, -0.2) is 45.7 Å². The number of hydrogen-bond donors (Lipinski definition) is 0. The molecular weight excluding hydrogens is 378 g/mol. The highest BCUT2D eigenvalue weighted by Crippen LogP contribution is 2.22. The van der Waals surface area contributed by atoms with Gasteiger partial charge in [-0.1, -0.05) is 19.1 Å². The van der Waals surface area contributed by atoms with Gasteiger partial charge in [0.25, 0.3) is 5.91 Å². The van der Waals surface area contributed by atoms with Gasteiger partial charge in [0.2, 0.25) is 0 Å². The standard InChI is InChI=1S/C21H27NO5S/c1-5-14-26-18-8-10-19(11-9-18)27-15-21(23)22(3)16(2)17-6-12-20(13-7-17)28(4,24)25/h6-13,16H,5,14-15H2,1-4H3. The van der Waals surface area contributed by atoms with Gasteiger partial charge in [-0.2, -0.15) is 0 Å². The Kier molecular flexibility index (Phi) is 7.45. The number of amides is 1. The van der Waals surface area contributed by atoms with Crippen molar-refractivity contribution in [2.24, 2.45) is 0 Å². The Morgan fingerprint density at radius 2 is 1.54 bits per heavy atom. The molecule has 152 valence electrons. The lowest BCUT2D eigenvalue weighted by Crippen LogP contribution is -2.33.